The number of hydrogen-bond donors (Lipinski definition) is 0. The van der Waals surface area contributed by atoms with Crippen LogP contribution in [0.2, 0.25) is 0 Å². The quantitative estimate of drug-likeness (QED) is 0.802. The summed E-state index contributed by atoms with van der Waals surface area (Å²) in [6.45, 7) is 5.59. The first-order chi connectivity index (χ1) is 8.16. The molecule has 0 saturated carbocycles. The van der Waals surface area contributed by atoms with Crippen molar-refractivity contribution in [2.24, 2.45) is 0 Å². The summed E-state index contributed by atoms with van der Waals surface area (Å²) in [7, 11) is 0. The van der Waals surface area contributed by atoms with Gasteiger partial charge >= 0.3 is 0 Å². The van der Waals surface area contributed by atoms with Crippen LogP contribution >= 0.6 is 0 Å². The van der Waals surface area contributed by atoms with Crippen LogP contribution in [0.4, 0.5) is 4.39 Å². The van der Waals surface area contributed by atoms with E-state index in [2.05, 4.69) is 13.8 Å². The highest BCUT2D eigenvalue weighted by Crippen LogP contribution is 2.26. The zero-order chi connectivity index (χ0) is 12.3. The summed E-state index contributed by atoms with van der Waals surface area (Å²) in [5.74, 6) is 0.483. The smallest absolute Gasteiger partial charge is 0.165 e. The highest BCUT2D eigenvalue weighted by molar-refractivity contribution is 5.32. The van der Waals surface area contributed by atoms with E-state index in [0.717, 1.165) is 18.4 Å². The Hall–Kier alpha value is -1.09. The van der Waals surface area contributed by atoms with Gasteiger partial charge in [0.2, 0.25) is 0 Å². The molecular weight excluding hydrogens is 219 g/mol. The summed E-state index contributed by atoms with van der Waals surface area (Å²) >= 11 is 0. The molecule has 1 aliphatic heterocycles. The molecule has 2 rings (SSSR count). The summed E-state index contributed by atoms with van der Waals surface area (Å²) in [6.07, 6.45) is 1.76. The summed E-state index contributed by atoms with van der Waals surface area (Å²) in [5, 5.41) is 0. The molecule has 0 radical (unpaired) electrons. The summed E-state index contributed by atoms with van der Waals surface area (Å²) in [4.78, 5) is 0. The monoisotopic (exact) mass is 238 g/mol. The lowest BCUT2D eigenvalue weighted by Crippen LogP contribution is -2.26. The number of rotatable bonds is 3. The van der Waals surface area contributed by atoms with Gasteiger partial charge in [-0.3, -0.25) is 0 Å². The molecule has 1 saturated heterocycles. The fourth-order valence-corrected chi connectivity index (χ4v) is 1.94. The average molecular weight is 238 g/mol. The van der Waals surface area contributed by atoms with E-state index in [4.69, 9.17) is 9.47 Å². The first-order valence-electron chi connectivity index (χ1n) is 6.20. The topological polar surface area (TPSA) is 18.5 Å². The van der Waals surface area contributed by atoms with Crippen LogP contribution in [-0.4, -0.2) is 19.3 Å². The molecule has 1 aliphatic rings. The van der Waals surface area contributed by atoms with Crippen LogP contribution in [0.25, 0.3) is 0 Å². The van der Waals surface area contributed by atoms with Crippen LogP contribution in [0.15, 0.2) is 18.2 Å². The number of benzene rings is 1. The van der Waals surface area contributed by atoms with E-state index >= 15 is 0 Å². The van der Waals surface area contributed by atoms with Gasteiger partial charge in [-0.15, -0.1) is 0 Å². The lowest BCUT2D eigenvalue weighted by Gasteiger charge is -2.24. The highest BCUT2D eigenvalue weighted by atomic mass is 19.1. The van der Waals surface area contributed by atoms with E-state index in [1.54, 1.807) is 0 Å². The average Bonchev–Trinajstić information content (AvgIpc) is 2.33. The Morgan fingerprint density at radius 1 is 1.29 bits per heavy atom. The van der Waals surface area contributed by atoms with Crippen molar-refractivity contribution in [2.45, 2.75) is 38.7 Å². The molecule has 0 N–H and O–H groups in total. The number of halogens is 1. The summed E-state index contributed by atoms with van der Waals surface area (Å²) < 4.78 is 24.6. The standard InChI is InChI=1S/C14H19FO2/c1-10(2)11-3-4-13(15)14(9-11)17-12-5-7-16-8-6-12/h3-4,9-10,12H,5-8H2,1-2H3. The van der Waals surface area contributed by atoms with E-state index in [0.29, 0.717) is 24.9 Å². The first-order valence-corrected chi connectivity index (χ1v) is 6.20. The maximum absolute atomic E-state index is 13.6. The van der Waals surface area contributed by atoms with Gasteiger partial charge < -0.3 is 9.47 Å². The van der Waals surface area contributed by atoms with E-state index in [9.17, 15) is 4.39 Å². The van der Waals surface area contributed by atoms with Crippen molar-refractivity contribution in [3.63, 3.8) is 0 Å². The molecule has 0 spiro atoms. The van der Waals surface area contributed by atoms with E-state index < -0.39 is 0 Å². The molecule has 0 unspecified atom stereocenters. The molecule has 0 aliphatic carbocycles. The lowest BCUT2D eigenvalue weighted by molar-refractivity contribution is 0.0240. The van der Waals surface area contributed by atoms with Gasteiger partial charge in [-0.05, 0) is 23.6 Å². The molecule has 17 heavy (non-hydrogen) atoms. The Morgan fingerprint density at radius 2 is 2.00 bits per heavy atom. The summed E-state index contributed by atoms with van der Waals surface area (Å²) in [6, 6.07) is 5.12. The molecule has 0 atom stereocenters. The highest BCUT2D eigenvalue weighted by Gasteiger charge is 2.17. The van der Waals surface area contributed by atoms with Gasteiger partial charge in [0.05, 0.1) is 13.2 Å². The second-order valence-corrected chi connectivity index (χ2v) is 4.77. The van der Waals surface area contributed by atoms with Crippen LogP contribution in [0.1, 0.15) is 38.2 Å². The van der Waals surface area contributed by atoms with Gasteiger partial charge in [-0.2, -0.15) is 0 Å². The number of ether oxygens (including phenoxy) is 2. The minimum atomic E-state index is -0.277. The normalized spacial score (nSPS) is 17.4. The molecule has 0 amide bonds. The van der Waals surface area contributed by atoms with Crippen molar-refractivity contribution in [3.05, 3.63) is 29.6 Å². The lowest BCUT2D eigenvalue weighted by atomic mass is 10.0. The Bertz CT molecular complexity index is 370. The third kappa shape index (κ3) is 3.19. The van der Waals surface area contributed by atoms with E-state index in [1.165, 1.54) is 6.07 Å². The largest absolute Gasteiger partial charge is 0.487 e. The Balaban J connectivity index is 2.10. The van der Waals surface area contributed by atoms with Crippen molar-refractivity contribution in [3.8, 4) is 5.75 Å². The van der Waals surface area contributed by atoms with E-state index in [1.807, 2.05) is 12.1 Å². The Morgan fingerprint density at radius 3 is 2.65 bits per heavy atom. The predicted octanol–water partition coefficient (Wildman–Crippen LogP) is 3.51. The van der Waals surface area contributed by atoms with Gasteiger partial charge in [-0.25, -0.2) is 4.39 Å². The van der Waals surface area contributed by atoms with E-state index in [-0.39, 0.29) is 11.9 Å². The van der Waals surface area contributed by atoms with Crippen LogP contribution in [0.3, 0.4) is 0 Å². The number of hydrogen-bond acceptors (Lipinski definition) is 2. The maximum atomic E-state index is 13.6. The first kappa shape index (κ1) is 12.4. The Kier molecular flexibility index (Phi) is 4.00. The van der Waals surface area contributed by atoms with Crippen molar-refractivity contribution in [2.75, 3.05) is 13.2 Å². The van der Waals surface area contributed by atoms with Crippen LogP contribution in [0, 0.1) is 5.82 Å². The van der Waals surface area contributed by atoms with Gasteiger partial charge in [0.25, 0.3) is 0 Å². The van der Waals surface area contributed by atoms with Gasteiger partial charge in [0.1, 0.15) is 6.10 Å². The molecule has 94 valence electrons. The van der Waals surface area contributed by atoms with Crippen molar-refractivity contribution < 1.29 is 13.9 Å². The van der Waals surface area contributed by atoms with Crippen molar-refractivity contribution in [1.29, 1.82) is 0 Å². The third-order valence-corrected chi connectivity index (χ3v) is 3.08. The van der Waals surface area contributed by atoms with Gasteiger partial charge in [-0.1, -0.05) is 19.9 Å². The molecule has 1 aromatic carbocycles. The fourth-order valence-electron chi connectivity index (χ4n) is 1.94. The van der Waals surface area contributed by atoms with Crippen molar-refractivity contribution >= 4 is 0 Å². The van der Waals surface area contributed by atoms with Crippen molar-refractivity contribution in [1.82, 2.24) is 0 Å². The van der Waals surface area contributed by atoms with Gasteiger partial charge in [0, 0.05) is 12.8 Å². The third-order valence-electron chi connectivity index (χ3n) is 3.08. The molecule has 0 bridgehead atoms. The zero-order valence-electron chi connectivity index (χ0n) is 10.4. The molecule has 1 aromatic rings. The minimum Gasteiger partial charge on any atom is -0.487 e. The maximum Gasteiger partial charge on any atom is 0.165 e. The van der Waals surface area contributed by atoms with Crippen LogP contribution in [-0.2, 0) is 4.74 Å². The SMILES string of the molecule is CC(C)c1ccc(F)c(OC2CCOCC2)c1. The van der Waals surface area contributed by atoms with Crippen LogP contribution < -0.4 is 4.74 Å². The molecule has 1 fully saturated rings. The second-order valence-electron chi connectivity index (χ2n) is 4.77. The predicted molar refractivity (Wildman–Crippen MR) is 65.0 cm³/mol. The second kappa shape index (κ2) is 5.50. The molecular formula is C14H19FO2. The molecule has 0 aromatic heterocycles. The molecule has 2 nitrogen and oxygen atoms in total. The Labute approximate surface area is 102 Å². The van der Waals surface area contributed by atoms with Gasteiger partial charge in [0.15, 0.2) is 11.6 Å². The zero-order valence-corrected chi connectivity index (χ0v) is 10.4. The minimum absolute atomic E-state index is 0.0839. The summed E-state index contributed by atoms with van der Waals surface area (Å²) in [5.41, 5.74) is 1.11. The van der Waals surface area contributed by atoms with Crippen LogP contribution in [0.5, 0.6) is 5.75 Å². The molecule has 1 heterocycles. The molecule has 3 heteroatoms. The fraction of sp³-hybridized carbons (Fsp3) is 0.571.